The van der Waals surface area contributed by atoms with Crippen LogP contribution in [0.1, 0.15) is 46.2 Å². The lowest BCUT2D eigenvalue weighted by Crippen LogP contribution is -2.51. The number of hydrogen-bond donors (Lipinski definition) is 0. The van der Waals surface area contributed by atoms with Crippen LogP contribution in [-0.2, 0) is 30.8 Å². The zero-order valence-corrected chi connectivity index (χ0v) is 18.7. The van der Waals surface area contributed by atoms with E-state index in [1.54, 1.807) is 12.4 Å². The van der Waals surface area contributed by atoms with Gasteiger partial charge >= 0.3 is 0 Å². The van der Waals surface area contributed by atoms with Crippen LogP contribution < -0.4 is 0 Å². The summed E-state index contributed by atoms with van der Waals surface area (Å²) in [4.78, 5) is 22.6. The number of likely N-dealkylation sites (tertiary alicyclic amines) is 1. The van der Waals surface area contributed by atoms with E-state index in [-0.39, 0.29) is 11.9 Å². The van der Waals surface area contributed by atoms with E-state index in [9.17, 15) is 4.79 Å². The van der Waals surface area contributed by atoms with Crippen LogP contribution in [0.3, 0.4) is 0 Å². The van der Waals surface area contributed by atoms with Gasteiger partial charge in [0.25, 0.3) is 0 Å². The molecule has 6 rings (SSSR count). The van der Waals surface area contributed by atoms with Crippen molar-refractivity contribution in [2.45, 2.75) is 44.9 Å². The minimum atomic E-state index is 0.256. The molecule has 0 aliphatic carbocycles. The maximum atomic E-state index is 13.2. The smallest absolute Gasteiger partial charge is 0.227 e. The average molecular weight is 438 g/mol. The third-order valence-electron chi connectivity index (χ3n) is 7.12. The lowest BCUT2D eigenvalue weighted by molar-refractivity contribution is -0.135. The molecule has 1 aromatic heterocycles. The predicted octanol–water partition coefficient (Wildman–Crippen LogP) is 3.38. The van der Waals surface area contributed by atoms with Crippen molar-refractivity contribution in [2.75, 3.05) is 13.1 Å². The Kier molecular flexibility index (Phi) is 5.23. The molecule has 1 amide bonds. The summed E-state index contributed by atoms with van der Waals surface area (Å²) in [7, 11) is 0. The van der Waals surface area contributed by atoms with Gasteiger partial charge in [0.05, 0.1) is 31.1 Å². The Bertz CT molecular complexity index is 1210. The largest absolute Gasteiger partial charge is 0.334 e. The molecule has 0 N–H and O–H groups in total. The Morgan fingerprint density at radius 1 is 1.00 bits per heavy atom. The van der Waals surface area contributed by atoms with Gasteiger partial charge in [-0.2, -0.15) is 10.2 Å². The van der Waals surface area contributed by atoms with Gasteiger partial charge in [0.2, 0.25) is 5.91 Å². The number of aromatic nitrogens is 2. The van der Waals surface area contributed by atoms with Crippen LogP contribution in [0.15, 0.2) is 65.9 Å². The van der Waals surface area contributed by atoms with Crippen LogP contribution in [0, 0.1) is 0 Å². The Hall–Kier alpha value is -3.38. The molecule has 1 saturated heterocycles. The lowest BCUT2D eigenvalue weighted by atomic mass is 9.90. The highest BCUT2D eigenvalue weighted by atomic mass is 16.2. The van der Waals surface area contributed by atoms with Gasteiger partial charge in [-0.3, -0.25) is 14.7 Å². The quantitative estimate of drug-likeness (QED) is 0.628. The molecule has 0 radical (unpaired) electrons. The van der Waals surface area contributed by atoms with Gasteiger partial charge in [0, 0.05) is 36.8 Å². The van der Waals surface area contributed by atoms with E-state index < -0.39 is 0 Å². The van der Waals surface area contributed by atoms with Crippen LogP contribution in [0.4, 0.5) is 0 Å². The highest BCUT2D eigenvalue weighted by Gasteiger charge is 2.33. The van der Waals surface area contributed by atoms with Crippen molar-refractivity contribution in [3.8, 4) is 0 Å². The van der Waals surface area contributed by atoms with E-state index in [1.165, 1.54) is 22.3 Å². The van der Waals surface area contributed by atoms with Gasteiger partial charge in [-0.25, -0.2) is 0 Å². The van der Waals surface area contributed by atoms with Gasteiger partial charge in [0.1, 0.15) is 0 Å². The molecule has 2 aromatic carbocycles. The summed E-state index contributed by atoms with van der Waals surface area (Å²) in [5.74, 6) is 0.256. The molecule has 3 aromatic rings. The number of amides is 1. The summed E-state index contributed by atoms with van der Waals surface area (Å²) in [6, 6.07) is 17.3. The fourth-order valence-corrected chi connectivity index (χ4v) is 5.47. The number of aliphatic imine (C=N–C) groups is 1. The standard InChI is InChI=1S/C27H27N5O/c33-26-13-21-11-22-14-28-27(20-8-9-29-30-15-20)25(22)12-23(21)17-32(26)24-7-4-10-31(18-24)16-19-5-2-1-3-6-19/h1-3,5-6,8-9,11-12,15,24H,4,7,10,13-14,16-18H2/t24-/m1/s1. The van der Waals surface area contributed by atoms with E-state index in [0.29, 0.717) is 19.5 Å². The third-order valence-corrected chi connectivity index (χ3v) is 7.12. The minimum Gasteiger partial charge on any atom is -0.334 e. The van der Waals surface area contributed by atoms with Gasteiger partial charge in [-0.15, -0.1) is 0 Å². The van der Waals surface area contributed by atoms with Gasteiger partial charge < -0.3 is 4.90 Å². The molecule has 0 bridgehead atoms. The number of hydrogen-bond acceptors (Lipinski definition) is 5. The molecule has 166 valence electrons. The molecule has 3 aliphatic heterocycles. The molecule has 33 heavy (non-hydrogen) atoms. The van der Waals surface area contributed by atoms with Crippen molar-refractivity contribution in [3.05, 3.63) is 94.3 Å². The Morgan fingerprint density at radius 2 is 1.91 bits per heavy atom. The summed E-state index contributed by atoms with van der Waals surface area (Å²) < 4.78 is 0. The summed E-state index contributed by atoms with van der Waals surface area (Å²) in [5.41, 5.74) is 8.11. The van der Waals surface area contributed by atoms with Crippen molar-refractivity contribution >= 4 is 11.6 Å². The van der Waals surface area contributed by atoms with Gasteiger partial charge in [-0.05, 0) is 53.8 Å². The SMILES string of the molecule is O=C1Cc2cc3c(cc2CN1[C@@H]1CCCN(Cc2ccccc2)C1)C(c1ccnnc1)=NC3. The third kappa shape index (κ3) is 3.95. The number of nitrogens with zero attached hydrogens (tertiary/aromatic N) is 5. The Labute approximate surface area is 194 Å². The number of piperidine rings is 1. The average Bonchev–Trinajstić information content (AvgIpc) is 3.26. The number of carbonyl (C=O) groups is 1. The Morgan fingerprint density at radius 3 is 2.76 bits per heavy atom. The molecule has 6 heteroatoms. The second-order valence-electron chi connectivity index (χ2n) is 9.29. The highest BCUT2D eigenvalue weighted by Crippen LogP contribution is 2.31. The van der Waals surface area contributed by atoms with Crippen LogP contribution in [0.25, 0.3) is 0 Å². The van der Waals surface area contributed by atoms with Crippen LogP contribution in [0.5, 0.6) is 0 Å². The first-order valence-electron chi connectivity index (χ1n) is 11.8. The van der Waals surface area contributed by atoms with Crippen molar-refractivity contribution in [2.24, 2.45) is 4.99 Å². The van der Waals surface area contributed by atoms with Crippen LogP contribution >= 0.6 is 0 Å². The molecular weight excluding hydrogens is 410 g/mol. The maximum Gasteiger partial charge on any atom is 0.227 e. The zero-order chi connectivity index (χ0) is 22.2. The molecule has 1 atom stereocenters. The molecular formula is C27H27N5O. The predicted molar refractivity (Wildman–Crippen MR) is 127 cm³/mol. The van der Waals surface area contributed by atoms with E-state index in [2.05, 4.69) is 62.5 Å². The topological polar surface area (TPSA) is 61.7 Å². The lowest BCUT2D eigenvalue weighted by Gasteiger charge is -2.41. The Balaban J connectivity index is 1.22. The number of fused-ring (bicyclic) bond motifs is 2. The highest BCUT2D eigenvalue weighted by molar-refractivity contribution is 6.15. The number of carbonyl (C=O) groups excluding carboxylic acids is 1. The molecule has 0 unspecified atom stereocenters. The summed E-state index contributed by atoms with van der Waals surface area (Å²) in [5, 5.41) is 7.91. The van der Waals surface area contributed by atoms with E-state index in [4.69, 9.17) is 4.99 Å². The normalized spacial score (nSPS) is 20.4. The molecule has 4 heterocycles. The number of benzene rings is 2. The van der Waals surface area contributed by atoms with E-state index in [0.717, 1.165) is 49.3 Å². The monoisotopic (exact) mass is 437 g/mol. The van der Waals surface area contributed by atoms with Crippen molar-refractivity contribution in [1.82, 2.24) is 20.0 Å². The second-order valence-corrected chi connectivity index (χ2v) is 9.29. The molecule has 0 spiro atoms. The van der Waals surface area contributed by atoms with Crippen LogP contribution in [0.2, 0.25) is 0 Å². The summed E-state index contributed by atoms with van der Waals surface area (Å²) in [6.45, 7) is 4.33. The first kappa shape index (κ1) is 20.2. The fraction of sp³-hybridized carbons (Fsp3) is 0.333. The van der Waals surface area contributed by atoms with Crippen molar-refractivity contribution < 1.29 is 4.79 Å². The van der Waals surface area contributed by atoms with Crippen molar-refractivity contribution in [3.63, 3.8) is 0 Å². The molecule has 3 aliphatic rings. The van der Waals surface area contributed by atoms with E-state index >= 15 is 0 Å². The minimum absolute atomic E-state index is 0.256. The fourth-order valence-electron chi connectivity index (χ4n) is 5.47. The zero-order valence-electron chi connectivity index (χ0n) is 18.7. The van der Waals surface area contributed by atoms with Crippen LogP contribution in [-0.4, -0.2) is 50.7 Å². The molecule has 0 saturated carbocycles. The van der Waals surface area contributed by atoms with Crippen molar-refractivity contribution in [1.29, 1.82) is 0 Å². The second kappa shape index (κ2) is 8.52. The van der Waals surface area contributed by atoms with Gasteiger partial charge in [-0.1, -0.05) is 36.4 Å². The molecule has 6 nitrogen and oxygen atoms in total. The summed E-state index contributed by atoms with van der Waals surface area (Å²) in [6.07, 6.45) is 6.17. The first-order valence-corrected chi connectivity index (χ1v) is 11.8. The van der Waals surface area contributed by atoms with Gasteiger partial charge in [0.15, 0.2) is 0 Å². The first-order chi connectivity index (χ1) is 16.2. The maximum absolute atomic E-state index is 13.2. The van der Waals surface area contributed by atoms with E-state index in [1.807, 2.05) is 6.07 Å². The molecule has 1 fully saturated rings. The number of rotatable bonds is 4. The summed E-state index contributed by atoms with van der Waals surface area (Å²) >= 11 is 0.